The quantitative estimate of drug-likeness (QED) is 0.266. The molecule has 0 saturated carbocycles. The maximum Gasteiger partial charge on any atom is 0.291 e. The molecule has 0 saturated heterocycles. The summed E-state index contributed by atoms with van der Waals surface area (Å²) in [5, 5.41) is 4.95. The Kier molecular flexibility index (Phi) is 6.88. The van der Waals surface area contributed by atoms with E-state index in [1.807, 2.05) is 48.5 Å². The van der Waals surface area contributed by atoms with E-state index < -0.39 is 0 Å². The Labute approximate surface area is 215 Å². The number of aromatic nitrogens is 3. The van der Waals surface area contributed by atoms with Crippen molar-refractivity contribution in [2.75, 3.05) is 13.7 Å². The minimum atomic E-state index is -0.253. The number of thiazole rings is 1. The van der Waals surface area contributed by atoms with Crippen molar-refractivity contribution in [3.05, 3.63) is 91.7 Å². The van der Waals surface area contributed by atoms with E-state index in [2.05, 4.69) is 17.0 Å². The van der Waals surface area contributed by atoms with E-state index in [4.69, 9.17) is 25.5 Å². The van der Waals surface area contributed by atoms with Crippen LogP contribution >= 0.6 is 22.9 Å². The molecule has 7 nitrogen and oxygen atoms in total. The van der Waals surface area contributed by atoms with E-state index in [1.54, 1.807) is 31.4 Å². The van der Waals surface area contributed by atoms with Crippen LogP contribution in [0.15, 0.2) is 63.8 Å². The van der Waals surface area contributed by atoms with Gasteiger partial charge in [-0.25, -0.2) is 0 Å². The first-order valence-corrected chi connectivity index (χ1v) is 12.5. The first-order chi connectivity index (χ1) is 17.6. The van der Waals surface area contributed by atoms with Crippen molar-refractivity contribution in [1.29, 1.82) is 0 Å². The molecule has 0 aliphatic carbocycles. The summed E-state index contributed by atoms with van der Waals surface area (Å²) in [6.07, 6.45) is 6.22. The number of furan rings is 1. The van der Waals surface area contributed by atoms with Gasteiger partial charge in [-0.2, -0.15) is 9.50 Å². The molecule has 0 aliphatic rings. The smallest absolute Gasteiger partial charge is 0.291 e. The largest absolute Gasteiger partial charge is 0.493 e. The summed E-state index contributed by atoms with van der Waals surface area (Å²) in [6.45, 7) is 2.68. The van der Waals surface area contributed by atoms with Gasteiger partial charge in [-0.05, 0) is 54.5 Å². The van der Waals surface area contributed by atoms with Crippen LogP contribution in [-0.4, -0.2) is 28.3 Å². The Morgan fingerprint density at radius 3 is 2.75 bits per heavy atom. The lowest BCUT2D eigenvalue weighted by Crippen LogP contribution is -2.23. The molecule has 36 heavy (non-hydrogen) atoms. The van der Waals surface area contributed by atoms with Crippen LogP contribution in [0.1, 0.15) is 30.5 Å². The third kappa shape index (κ3) is 4.91. The molecule has 0 bridgehead atoms. The number of rotatable bonds is 8. The Bertz CT molecular complexity index is 1670. The number of methoxy groups -OCH3 is 1. The molecule has 0 unspecified atom stereocenters. The van der Waals surface area contributed by atoms with Crippen LogP contribution in [0.4, 0.5) is 0 Å². The molecule has 0 aliphatic heterocycles. The molecule has 5 rings (SSSR count). The maximum absolute atomic E-state index is 12.9. The minimum Gasteiger partial charge on any atom is -0.493 e. The monoisotopic (exact) mass is 519 g/mol. The summed E-state index contributed by atoms with van der Waals surface area (Å²) in [7, 11) is 1.61. The van der Waals surface area contributed by atoms with Crippen LogP contribution in [0.2, 0.25) is 5.02 Å². The molecule has 0 atom stereocenters. The van der Waals surface area contributed by atoms with Gasteiger partial charge >= 0.3 is 0 Å². The predicted octanol–water partition coefficient (Wildman–Crippen LogP) is 5.58. The van der Waals surface area contributed by atoms with Gasteiger partial charge < -0.3 is 13.9 Å². The number of halogens is 1. The van der Waals surface area contributed by atoms with Crippen LogP contribution in [0.25, 0.3) is 34.5 Å². The van der Waals surface area contributed by atoms with E-state index >= 15 is 0 Å². The van der Waals surface area contributed by atoms with Crippen molar-refractivity contribution in [3.63, 3.8) is 0 Å². The van der Waals surface area contributed by atoms with Crippen LogP contribution in [0, 0.1) is 0 Å². The van der Waals surface area contributed by atoms with Crippen molar-refractivity contribution < 1.29 is 13.9 Å². The standard InChI is InChI=1S/C27H22ClN3O4S/c1-3-14-34-22-11-8-17(15-23(22)33-2)9-13-25-29-27-31(30-25)26(32)24(36-27)16-18-10-12-21(35-18)19-6-4-5-7-20(19)28/h4-13,15-16H,3,14H2,1-2H3/b13-9+,24-16-. The van der Waals surface area contributed by atoms with Crippen molar-refractivity contribution in [1.82, 2.24) is 14.6 Å². The van der Waals surface area contributed by atoms with Gasteiger partial charge in [-0.15, -0.1) is 5.10 Å². The van der Waals surface area contributed by atoms with Gasteiger partial charge in [0.25, 0.3) is 5.56 Å². The zero-order valence-electron chi connectivity index (χ0n) is 19.6. The first kappa shape index (κ1) is 23.8. The Morgan fingerprint density at radius 2 is 1.97 bits per heavy atom. The van der Waals surface area contributed by atoms with Crippen molar-refractivity contribution in [2.24, 2.45) is 0 Å². The predicted molar refractivity (Wildman–Crippen MR) is 143 cm³/mol. The van der Waals surface area contributed by atoms with Crippen molar-refractivity contribution in [3.8, 4) is 22.8 Å². The minimum absolute atomic E-state index is 0.253. The van der Waals surface area contributed by atoms with Gasteiger partial charge in [-0.1, -0.05) is 54.1 Å². The average molecular weight is 520 g/mol. The number of hydrogen-bond donors (Lipinski definition) is 0. The zero-order valence-corrected chi connectivity index (χ0v) is 21.2. The third-order valence-corrected chi connectivity index (χ3v) is 6.60. The van der Waals surface area contributed by atoms with Crippen LogP contribution in [0.5, 0.6) is 11.5 Å². The van der Waals surface area contributed by atoms with E-state index in [-0.39, 0.29) is 5.56 Å². The van der Waals surface area contributed by atoms with Gasteiger partial charge in [0.05, 0.1) is 18.7 Å². The fourth-order valence-corrected chi connectivity index (χ4v) is 4.70. The normalized spacial score (nSPS) is 12.1. The molecule has 0 fully saturated rings. The molecule has 3 heterocycles. The molecule has 0 radical (unpaired) electrons. The number of ether oxygens (including phenoxy) is 2. The first-order valence-electron chi connectivity index (χ1n) is 11.3. The molecule has 0 amide bonds. The van der Waals surface area contributed by atoms with Gasteiger partial charge in [0.1, 0.15) is 16.1 Å². The molecule has 3 aromatic heterocycles. The average Bonchev–Trinajstić information content (AvgIpc) is 3.59. The lowest BCUT2D eigenvalue weighted by atomic mass is 10.2. The number of fused-ring (bicyclic) bond motifs is 1. The molecule has 9 heteroatoms. The topological polar surface area (TPSA) is 78.9 Å². The summed E-state index contributed by atoms with van der Waals surface area (Å²) >= 11 is 7.51. The fraction of sp³-hybridized carbons (Fsp3) is 0.148. The lowest BCUT2D eigenvalue weighted by molar-refractivity contribution is 0.294. The molecule has 2 aromatic carbocycles. The molecule has 182 valence electrons. The molecule has 0 spiro atoms. The third-order valence-electron chi connectivity index (χ3n) is 5.31. The van der Waals surface area contributed by atoms with Gasteiger partial charge in [0.15, 0.2) is 17.3 Å². The fourth-order valence-electron chi connectivity index (χ4n) is 3.57. The van der Waals surface area contributed by atoms with Gasteiger partial charge in [0, 0.05) is 11.6 Å². The summed E-state index contributed by atoms with van der Waals surface area (Å²) in [5.74, 6) is 2.98. The molecular weight excluding hydrogens is 498 g/mol. The highest BCUT2D eigenvalue weighted by Gasteiger charge is 2.11. The Morgan fingerprint density at radius 1 is 1.11 bits per heavy atom. The Hall–Kier alpha value is -3.88. The van der Waals surface area contributed by atoms with E-state index in [0.717, 1.165) is 17.5 Å². The number of nitrogens with zero attached hydrogens (tertiary/aromatic N) is 3. The zero-order chi connectivity index (χ0) is 25.1. The second kappa shape index (κ2) is 10.4. The van der Waals surface area contributed by atoms with E-state index in [0.29, 0.717) is 50.0 Å². The highest BCUT2D eigenvalue weighted by atomic mass is 35.5. The molecular formula is C27H22ClN3O4S. The van der Waals surface area contributed by atoms with Crippen LogP contribution in [-0.2, 0) is 0 Å². The van der Waals surface area contributed by atoms with Gasteiger partial charge in [0.2, 0.25) is 4.96 Å². The van der Waals surface area contributed by atoms with E-state index in [1.165, 1.54) is 15.9 Å². The van der Waals surface area contributed by atoms with Crippen LogP contribution in [0.3, 0.4) is 0 Å². The Balaban J connectivity index is 1.38. The summed E-state index contributed by atoms with van der Waals surface area (Å²) in [5.41, 5.74) is 1.44. The highest BCUT2D eigenvalue weighted by Crippen LogP contribution is 2.30. The maximum atomic E-state index is 12.9. The second-order valence-electron chi connectivity index (χ2n) is 7.85. The molecule has 5 aromatic rings. The number of hydrogen-bond acceptors (Lipinski definition) is 7. The lowest BCUT2D eigenvalue weighted by Gasteiger charge is -2.10. The van der Waals surface area contributed by atoms with E-state index in [9.17, 15) is 4.79 Å². The number of benzene rings is 2. The van der Waals surface area contributed by atoms with Crippen molar-refractivity contribution in [2.45, 2.75) is 13.3 Å². The van der Waals surface area contributed by atoms with Gasteiger partial charge in [-0.3, -0.25) is 4.79 Å². The summed E-state index contributed by atoms with van der Waals surface area (Å²) < 4.78 is 18.8. The van der Waals surface area contributed by atoms with Crippen molar-refractivity contribution >= 4 is 46.1 Å². The SMILES string of the molecule is CCCOc1ccc(/C=C/c2nc3s/c(=C\c4ccc(-c5ccccc5Cl)o4)c(=O)n3n2)cc1OC. The van der Waals surface area contributed by atoms with Crippen LogP contribution < -0.4 is 19.6 Å². The summed E-state index contributed by atoms with van der Waals surface area (Å²) in [4.78, 5) is 17.9. The highest BCUT2D eigenvalue weighted by molar-refractivity contribution is 7.15. The summed E-state index contributed by atoms with van der Waals surface area (Å²) in [6, 6.07) is 16.7. The molecule has 0 N–H and O–H groups in total. The second-order valence-corrected chi connectivity index (χ2v) is 9.27.